The van der Waals surface area contributed by atoms with E-state index in [1.807, 2.05) is 0 Å². The van der Waals surface area contributed by atoms with Crippen LogP contribution >= 0.6 is 0 Å². The number of fused-ring (bicyclic) bond motifs is 1. The van der Waals surface area contributed by atoms with Gasteiger partial charge in [-0.1, -0.05) is 6.07 Å². The standard InChI is InChI=1S/C11H8FN2/c1-8(12)6-9-2-3-10-11(7-9)14-5-4-13-10/h2-7H,1H2/b8-6-. The molecule has 0 unspecified atom stereocenters. The van der Waals surface area contributed by atoms with Gasteiger partial charge in [-0.25, -0.2) is 4.39 Å². The summed E-state index contributed by atoms with van der Waals surface area (Å²) in [5, 5.41) is 0. The third-order valence-corrected chi connectivity index (χ3v) is 1.82. The van der Waals surface area contributed by atoms with Crippen LogP contribution in [0.25, 0.3) is 17.1 Å². The topological polar surface area (TPSA) is 25.8 Å². The first-order chi connectivity index (χ1) is 6.75. The van der Waals surface area contributed by atoms with E-state index in [9.17, 15) is 4.39 Å². The van der Waals surface area contributed by atoms with E-state index in [-0.39, 0.29) is 0 Å². The van der Waals surface area contributed by atoms with Crippen LogP contribution in [-0.2, 0) is 0 Å². The SMILES string of the molecule is [CH2]/C(F)=C/c1ccc2nccnc2c1. The minimum atomic E-state index is -0.465. The maximum absolute atomic E-state index is 12.5. The predicted molar refractivity (Wildman–Crippen MR) is 54.0 cm³/mol. The first-order valence-electron chi connectivity index (χ1n) is 4.15. The van der Waals surface area contributed by atoms with E-state index in [1.165, 1.54) is 6.08 Å². The Balaban J connectivity index is 2.57. The van der Waals surface area contributed by atoms with Crippen molar-refractivity contribution >= 4 is 17.1 Å². The van der Waals surface area contributed by atoms with Crippen molar-refractivity contribution in [1.82, 2.24) is 9.97 Å². The molecule has 1 aromatic carbocycles. The van der Waals surface area contributed by atoms with Crippen molar-refractivity contribution in [2.24, 2.45) is 0 Å². The normalized spacial score (nSPS) is 12.0. The van der Waals surface area contributed by atoms with E-state index in [2.05, 4.69) is 16.9 Å². The number of hydrogen-bond donors (Lipinski definition) is 0. The molecule has 0 amide bonds. The molecule has 0 N–H and O–H groups in total. The lowest BCUT2D eigenvalue weighted by molar-refractivity contribution is 0.673. The summed E-state index contributed by atoms with van der Waals surface area (Å²) in [4.78, 5) is 8.22. The van der Waals surface area contributed by atoms with Gasteiger partial charge in [0.2, 0.25) is 0 Å². The molecule has 0 aliphatic heterocycles. The number of nitrogens with zero attached hydrogens (tertiary/aromatic N) is 2. The van der Waals surface area contributed by atoms with Crippen LogP contribution in [0.1, 0.15) is 5.56 Å². The van der Waals surface area contributed by atoms with Crippen LogP contribution < -0.4 is 0 Å². The zero-order valence-electron chi connectivity index (χ0n) is 7.44. The molecule has 3 heteroatoms. The molecule has 69 valence electrons. The molecule has 0 bridgehead atoms. The quantitative estimate of drug-likeness (QED) is 0.686. The highest BCUT2D eigenvalue weighted by Crippen LogP contribution is 2.13. The van der Waals surface area contributed by atoms with Gasteiger partial charge in [0.15, 0.2) is 0 Å². The third kappa shape index (κ3) is 1.76. The van der Waals surface area contributed by atoms with Gasteiger partial charge in [-0.15, -0.1) is 0 Å². The van der Waals surface area contributed by atoms with E-state index >= 15 is 0 Å². The zero-order valence-corrected chi connectivity index (χ0v) is 7.44. The molecule has 0 saturated carbocycles. The number of hydrogen-bond acceptors (Lipinski definition) is 2. The minimum Gasteiger partial charge on any atom is -0.253 e. The Morgan fingerprint density at radius 3 is 2.64 bits per heavy atom. The molecule has 0 atom stereocenters. The van der Waals surface area contributed by atoms with Crippen molar-refractivity contribution in [2.75, 3.05) is 0 Å². The Labute approximate surface area is 81.1 Å². The average Bonchev–Trinajstić information content (AvgIpc) is 2.17. The summed E-state index contributed by atoms with van der Waals surface area (Å²) in [5.41, 5.74) is 2.29. The fourth-order valence-electron chi connectivity index (χ4n) is 1.25. The second-order valence-corrected chi connectivity index (χ2v) is 2.90. The van der Waals surface area contributed by atoms with Crippen LogP contribution in [-0.4, -0.2) is 9.97 Å². The highest BCUT2D eigenvalue weighted by atomic mass is 19.1. The molecule has 2 nitrogen and oxygen atoms in total. The summed E-state index contributed by atoms with van der Waals surface area (Å²) in [6.07, 6.45) is 4.59. The van der Waals surface area contributed by atoms with Crippen LogP contribution in [0.3, 0.4) is 0 Å². The van der Waals surface area contributed by atoms with Crippen molar-refractivity contribution in [3.63, 3.8) is 0 Å². The van der Waals surface area contributed by atoms with E-state index in [0.717, 1.165) is 16.6 Å². The lowest BCUT2D eigenvalue weighted by atomic mass is 10.2. The Hall–Kier alpha value is -1.77. The third-order valence-electron chi connectivity index (χ3n) is 1.82. The van der Waals surface area contributed by atoms with Gasteiger partial charge in [0.1, 0.15) is 5.83 Å². The summed E-state index contributed by atoms with van der Waals surface area (Å²) >= 11 is 0. The highest BCUT2D eigenvalue weighted by Gasteiger charge is 1.96. The lowest BCUT2D eigenvalue weighted by Gasteiger charge is -1.97. The fourth-order valence-corrected chi connectivity index (χ4v) is 1.25. The van der Waals surface area contributed by atoms with Crippen molar-refractivity contribution in [3.05, 3.63) is 48.9 Å². The van der Waals surface area contributed by atoms with Gasteiger partial charge in [0, 0.05) is 19.3 Å². The second kappa shape index (κ2) is 3.54. The summed E-state index contributed by atoms with van der Waals surface area (Å²) in [7, 11) is 0. The van der Waals surface area contributed by atoms with Gasteiger partial charge < -0.3 is 0 Å². The fraction of sp³-hybridized carbons (Fsp3) is 0. The Bertz CT molecular complexity index is 487. The summed E-state index contributed by atoms with van der Waals surface area (Å²) in [5.74, 6) is -0.465. The first kappa shape index (κ1) is 8.81. The Morgan fingerprint density at radius 1 is 1.21 bits per heavy atom. The van der Waals surface area contributed by atoms with Gasteiger partial charge in [-0.3, -0.25) is 9.97 Å². The van der Waals surface area contributed by atoms with Crippen LogP contribution in [0.4, 0.5) is 4.39 Å². The van der Waals surface area contributed by atoms with E-state index in [4.69, 9.17) is 0 Å². The lowest BCUT2D eigenvalue weighted by Crippen LogP contribution is -1.82. The van der Waals surface area contributed by atoms with Crippen LogP contribution in [0, 0.1) is 6.92 Å². The average molecular weight is 187 g/mol. The molecule has 2 aromatic rings. The van der Waals surface area contributed by atoms with Gasteiger partial charge in [-0.2, -0.15) is 0 Å². The monoisotopic (exact) mass is 187 g/mol. The van der Waals surface area contributed by atoms with E-state index in [1.54, 1.807) is 30.6 Å². The number of rotatable bonds is 1. The van der Waals surface area contributed by atoms with Gasteiger partial charge in [0.25, 0.3) is 0 Å². The van der Waals surface area contributed by atoms with Crippen LogP contribution in [0.5, 0.6) is 0 Å². The molecule has 0 aliphatic rings. The molecular weight excluding hydrogens is 179 g/mol. The van der Waals surface area contributed by atoms with Crippen molar-refractivity contribution in [3.8, 4) is 0 Å². The summed E-state index contributed by atoms with van der Waals surface area (Å²) in [6, 6.07) is 5.35. The summed E-state index contributed by atoms with van der Waals surface area (Å²) in [6.45, 7) is 3.17. The number of halogens is 1. The smallest absolute Gasteiger partial charge is 0.101 e. The Kier molecular flexibility index (Phi) is 2.23. The molecule has 1 heterocycles. The highest BCUT2D eigenvalue weighted by molar-refractivity contribution is 5.77. The van der Waals surface area contributed by atoms with E-state index in [0.29, 0.717) is 0 Å². The molecule has 1 radical (unpaired) electrons. The number of aromatic nitrogens is 2. The molecule has 1 aromatic heterocycles. The van der Waals surface area contributed by atoms with Gasteiger partial charge in [-0.05, 0) is 23.8 Å². The first-order valence-corrected chi connectivity index (χ1v) is 4.15. The van der Waals surface area contributed by atoms with Crippen molar-refractivity contribution in [1.29, 1.82) is 0 Å². The molecule has 0 spiro atoms. The van der Waals surface area contributed by atoms with Crippen LogP contribution in [0.15, 0.2) is 36.4 Å². The van der Waals surface area contributed by atoms with Crippen LogP contribution in [0.2, 0.25) is 0 Å². The molecule has 0 fully saturated rings. The molecule has 2 rings (SSSR count). The van der Waals surface area contributed by atoms with Gasteiger partial charge in [0.05, 0.1) is 11.0 Å². The van der Waals surface area contributed by atoms with Crippen molar-refractivity contribution < 1.29 is 4.39 Å². The van der Waals surface area contributed by atoms with E-state index < -0.39 is 5.83 Å². The minimum absolute atomic E-state index is 0.465. The predicted octanol–water partition coefficient (Wildman–Crippen LogP) is 2.77. The van der Waals surface area contributed by atoms with Crippen molar-refractivity contribution in [2.45, 2.75) is 0 Å². The molecule has 14 heavy (non-hydrogen) atoms. The molecular formula is C11H8FN2. The maximum atomic E-state index is 12.5. The molecule has 0 aliphatic carbocycles. The number of benzene rings is 1. The second-order valence-electron chi connectivity index (χ2n) is 2.90. The van der Waals surface area contributed by atoms with Gasteiger partial charge >= 0.3 is 0 Å². The summed E-state index contributed by atoms with van der Waals surface area (Å²) < 4.78 is 12.5. The maximum Gasteiger partial charge on any atom is 0.101 e. The zero-order chi connectivity index (χ0) is 9.97. The number of allylic oxidation sites excluding steroid dienone is 1. The molecule has 0 saturated heterocycles. The Morgan fingerprint density at radius 2 is 1.93 bits per heavy atom. The largest absolute Gasteiger partial charge is 0.253 e.